The molecule has 0 aliphatic carbocycles. The van der Waals surface area contributed by atoms with Gasteiger partial charge in [0.05, 0.1) is 5.52 Å². The number of hydroxylamine groups is 2. The first kappa shape index (κ1) is 12.4. The smallest absolute Gasteiger partial charge is 0.152 e. The third kappa shape index (κ3) is 2.07. The van der Waals surface area contributed by atoms with Gasteiger partial charge in [0.25, 0.3) is 0 Å². The number of benzene rings is 1. The minimum Gasteiger partial charge on any atom is -0.382 e. The highest BCUT2D eigenvalue weighted by Crippen LogP contribution is 2.26. The van der Waals surface area contributed by atoms with Crippen molar-refractivity contribution in [1.82, 2.24) is 25.1 Å². The van der Waals surface area contributed by atoms with Crippen molar-refractivity contribution < 1.29 is 4.94 Å². The number of rotatable bonds is 2. The van der Waals surface area contributed by atoms with Crippen molar-refractivity contribution in [3.05, 3.63) is 30.6 Å². The molecule has 0 amide bonds. The van der Waals surface area contributed by atoms with E-state index in [-0.39, 0.29) is 0 Å². The van der Waals surface area contributed by atoms with Gasteiger partial charge in [-0.3, -0.25) is 0 Å². The lowest BCUT2D eigenvalue weighted by molar-refractivity contribution is -0.163. The minimum absolute atomic E-state index is 0.423. The van der Waals surface area contributed by atoms with Gasteiger partial charge in [-0.05, 0) is 6.07 Å². The van der Waals surface area contributed by atoms with Crippen LogP contribution in [-0.4, -0.2) is 45.9 Å². The Bertz CT molecular complexity index is 793. The van der Waals surface area contributed by atoms with E-state index >= 15 is 0 Å². The molecule has 1 aromatic carbocycles. The third-order valence-corrected chi connectivity index (χ3v) is 3.66. The van der Waals surface area contributed by atoms with Crippen LogP contribution < -0.4 is 16.0 Å². The van der Waals surface area contributed by atoms with Gasteiger partial charge in [-0.25, -0.2) is 9.97 Å². The third-order valence-electron chi connectivity index (χ3n) is 3.66. The van der Waals surface area contributed by atoms with E-state index in [0.717, 1.165) is 42.6 Å². The quantitative estimate of drug-likeness (QED) is 0.709. The molecule has 0 atom stereocenters. The second-order valence-corrected chi connectivity index (χ2v) is 5.04. The van der Waals surface area contributed by atoms with Gasteiger partial charge in [-0.2, -0.15) is 0 Å². The maximum Gasteiger partial charge on any atom is 0.152 e. The molecule has 1 aliphatic heterocycles. The zero-order chi connectivity index (χ0) is 14.2. The molecule has 7 heteroatoms. The summed E-state index contributed by atoms with van der Waals surface area (Å²) in [7, 11) is 0. The summed E-state index contributed by atoms with van der Waals surface area (Å²) < 4.78 is 1.68. The van der Waals surface area contributed by atoms with Gasteiger partial charge in [0.2, 0.25) is 0 Å². The first-order valence-corrected chi connectivity index (χ1v) is 6.98. The lowest BCUT2D eigenvalue weighted by Crippen LogP contribution is -2.47. The molecule has 0 unspecified atom stereocenters. The van der Waals surface area contributed by atoms with Crippen molar-refractivity contribution in [1.29, 1.82) is 0 Å². The molecular formula is C14H16N6O. The van der Waals surface area contributed by atoms with Crippen molar-refractivity contribution >= 4 is 27.8 Å². The lowest BCUT2D eigenvalue weighted by Gasteiger charge is -2.26. The molecule has 1 saturated heterocycles. The van der Waals surface area contributed by atoms with E-state index < -0.39 is 0 Å². The standard InChI is InChI=1S/C14H16N6O/c15-14-12-13(10-3-1-2-4-11(10)18-14)20(9-17-12)21-19-7-5-16-6-8-19/h1-4,9,16H,5-8H2,(H2,15,18). The Morgan fingerprint density at radius 3 is 2.86 bits per heavy atom. The van der Waals surface area contributed by atoms with Crippen LogP contribution >= 0.6 is 0 Å². The van der Waals surface area contributed by atoms with Crippen LogP contribution in [0, 0.1) is 0 Å². The number of hydrogen-bond donors (Lipinski definition) is 2. The van der Waals surface area contributed by atoms with E-state index in [2.05, 4.69) is 15.3 Å². The molecule has 0 spiro atoms. The van der Waals surface area contributed by atoms with E-state index in [9.17, 15) is 0 Å². The molecule has 1 fully saturated rings. The summed E-state index contributed by atoms with van der Waals surface area (Å²) in [5.74, 6) is 0.423. The normalized spacial score (nSPS) is 16.6. The number of nitrogens with two attached hydrogens (primary N) is 1. The highest BCUT2D eigenvalue weighted by atomic mass is 16.8. The van der Waals surface area contributed by atoms with Crippen molar-refractivity contribution in [3.63, 3.8) is 0 Å². The molecule has 0 saturated carbocycles. The number of fused-ring (bicyclic) bond motifs is 3. The van der Waals surface area contributed by atoms with Crippen molar-refractivity contribution in [2.75, 3.05) is 31.9 Å². The number of pyridine rings is 1. The molecule has 7 nitrogen and oxygen atoms in total. The van der Waals surface area contributed by atoms with Gasteiger partial charge >= 0.3 is 0 Å². The lowest BCUT2D eigenvalue weighted by atomic mass is 10.2. The van der Waals surface area contributed by atoms with Gasteiger partial charge in [0.1, 0.15) is 17.4 Å². The van der Waals surface area contributed by atoms with Crippen LogP contribution in [-0.2, 0) is 0 Å². The summed E-state index contributed by atoms with van der Waals surface area (Å²) >= 11 is 0. The van der Waals surface area contributed by atoms with Crippen LogP contribution in [0.4, 0.5) is 5.82 Å². The molecule has 3 aromatic rings. The number of anilines is 1. The number of aromatic nitrogens is 3. The predicted octanol–water partition coefficient (Wildman–Crippen LogP) is 0.415. The molecule has 108 valence electrons. The summed E-state index contributed by atoms with van der Waals surface area (Å²) in [5, 5.41) is 6.19. The summed E-state index contributed by atoms with van der Waals surface area (Å²) in [4.78, 5) is 14.7. The van der Waals surface area contributed by atoms with Crippen LogP contribution in [0.3, 0.4) is 0 Å². The molecule has 3 N–H and O–H groups in total. The Balaban J connectivity index is 1.85. The van der Waals surface area contributed by atoms with Gasteiger partial charge < -0.3 is 16.0 Å². The van der Waals surface area contributed by atoms with Crippen molar-refractivity contribution in [2.45, 2.75) is 0 Å². The fraction of sp³-hybridized carbons (Fsp3) is 0.286. The van der Waals surface area contributed by atoms with Crippen LogP contribution in [0.15, 0.2) is 30.6 Å². The largest absolute Gasteiger partial charge is 0.382 e. The molecule has 2 aromatic heterocycles. The molecule has 4 rings (SSSR count). The van der Waals surface area contributed by atoms with E-state index in [1.54, 1.807) is 11.1 Å². The highest BCUT2D eigenvalue weighted by Gasteiger charge is 2.16. The first-order valence-electron chi connectivity index (χ1n) is 6.98. The number of nitrogens with one attached hydrogen (secondary N) is 1. The molecule has 21 heavy (non-hydrogen) atoms. The Hall–Kier alpha value is -2.38. The Morgan fingerprint density at radius 1 is 1.19 bits per heavy atom. The average molecular weight is 284 g/mol. The van der Waals surface area contributed by atoms with E-state index in [1.165, 1.54) is 0 Å². The first-order chi connectivity index (χ1) is 10.3. The maximum atomic E-state index is 6.00. The van der Waals surface area contributed by atoms with Gasteiger partial charge in [0, 0.05) is 31.6 Å². The zero-order valence-electron chi connectivity index (χ0n) is 11.5. The number of hydrogen-bond acceptors (Lipinski definition) is 6. The number of piperazine rings is 1. The average Bonchev–Trinajstić information content (AvgIpc) is 2.93. The Kier molecular flexibility index (Phi) is 2.87. The van der Waals surface area contributed by atoms with Gasteiger partial charge in [-0.15, -0.1) is 9.79 Å². The van der Waals surface area contributed by atoms with E-state index in [1.807, 2.05) is 29.3 Å². The second-order valence-electron chi connectivity index (χ2n) is 5.04. The monoisotopic (exact) mass is 284 g/mol. The summed E-state index contributed by atoms with van der Waals surface area (Å²) in [6, 6.07) is 7.86. The van der Waals surface area contributed by atoms with E-state index in [4.69, 9.17) is 10.7 Å². The van der Waals surface area contributed by atoms with Gasteiger partial charge in [0.15, 0.2) is 5.82 Å². The molecule has 1 aliphatic rings. The molecule has 0 radical (unpaired) electrons. The Labute approximate surface area is 121 Å². The highest BCUT2D eigenvalue weighted by molar-refractivity contribution is 6.06. The number of imidazole rings is 1. The second kappa shape index (κ2) is 4.87. The summed E-state index contributed by atoms with van der Waals surface area (Å²) in [5.41, 5.74) is 8.37. The fourth-order valence-corrected chi connectivity index (χ4v) is 2.63. The summed E-state index contributed by atoms with van der Waals surface area (Å²) in [6.07, 6.45) is 1.65. The maximum absolute atomic E-state index is 6.00. The Morgan fingerprint density at radius 2 is 2.00 bits per heavy atom. The SMILES string of the molecule is Nc1nc2ccccc2c2c1ncn2ON1CCNCC1. The molecular weight excluding hydrogens is 268 g/mol. The van der Waals surface area contributed by atoms with Crippen LogP contribution in [0.1, 0.15) is 0 Å². The number of nitrogens with zero attached hydrogens (tertiary/aromatic N) is 4. The minimum atomic E-state index is 0.423. The number of nitrogen functional groups attached to an aromatic ring is 1. The summed E-state index contributed by atoms with van der Waals surface area (Å²) in [6.45, 7) is 3.49. The van der Waals surface area contributed by atoms with Crippen LogP contribution in [0.25, 0.3) is 21.9 Å². The van der Waals surface area contributed by atoms with Crippen LogP contribution in [0.5, 0.6) is 0 Å². The van der Waals surface area contributed by atoms with Crippen molar-refractivity contribution in [2.24, 2.45) is 0 Å². The predicted molar refractivity (Wildman–Crippen MR) is 80.5 cm³/mol. The fourth-order valence-electron chi connectivity index (χ4n) is 2.63. The van der Waals surface area contributed by atoms with Crippen LogP contribution in [0.2, 0.25) is 0 Å². The molecule has 0 bridgehead atoms. The zero-order valence-corrected chi connectivity index (χ0v) is 11.5. The molecule has 3 heterocycles. The van der Waals surface area contributed by atoms with Gasteiger partial charge in [-0.1, -0.05) is 18.2 Å². The number of para-hydroxylation sites is 1. The van der Waals surface area contributed by atoms with Crippen molar-refractivity contribution in [3.8, 4) is 0 Å². The van der Waals surface area contributed by atoms with E-state index in [0.29, 0.717) is 11.3 Å². The topological polar surface area (TPSA) is 81.2 Å².